The molecule has 0 bridgehead atoms. The Morgan fingerprint density at radius 3 is 2.67 bits per heavy atom. The molecule has 1 unspecified atom stereocenters. The first kappa shape index (κ1) is 16.6. The van der Waals surface area contributed by atoms with E-state index in [1.807, 2.05) is 25.1 Å². The third-order valence-electron chi connectivity index (χ3n) is 4.50. The third kappa shape index (κ3) is 3.31. The smallest absolute Gasteiger partial charge is 0.244 e. The van der Waals surface area contributed by atoms with Gasteiger partial charge in [0, 0.05) is 29.5 Å². The molecule has 2 heterocycles. The number of hydrogen-bond acceptors (Lipinski definition) is 4. The molecule has 0 spiro atoms. The average Bonchev–Trinajstić information content (AvgIpc) is 3.24. The molecule has 1 atom stereocenters. The van der Waals surface area contributed by atoms with Crippen molar-refractivity contribution < 1.29 is 9.53 Å². The monoisotopic (exact) mass is 342 g/mol. The lowest BCUT2D eigenvalue weighted by atomic mass is 9.97. The van der Waals surface area contributed by atoms with Crippen LogP contribution in [0.4, 0.5) is 5.00 Å². The van der Waals surface area contributed by atoms with Gasteiger partial charge in [0.1, 0.15) is 5.75 Å². The van der Waals surface area contributed by atoms with Crippen molar-refractivity contribution in [2.75, 3.05) is 25.1 Å². The molecule has 0 radical (unpaired) electrons. The van der Waals surface area contributed by atoms with E-state index in [2.05, 4.69) is 29.2 Å². The Kier molecular flexibility index (Phi) is 4.90. The minimum Gasteiger partial charge on any atom is -0.497 e. The zero-order valence-electron chi connectivity index (χ0n) is 14.0. The van der Waals surface area contributed by atoms with E-state index in [1.165, 1.54) is 15.4 Å². The van der Waals surface area contributed by atoms with Crippen LogP contribution < -0.4 is 15.4 Å². The molecule has 1 aliphatic heterocycles. The van der Waals surface area contributed by atoms with Gasteiger partial charge in [-0.25, -0.2) is 0 Å². The van der Waals surface area contributed by atoms with Crippen molar-refractivity contribution in [1.82, 2.24) is 0 Å². The maximum absolute atomic E-state index is 11.5. The minimum atomic E-state index is -0.297. The molecular formula is C19H22N2O2S. The lowest BCUT2D eigenvalue weighted by Gasteiger charge is -2.16. The number of carbonyl (C=O) groups is 1. The van der Waals surface area contributed by atoms with E-state index in [0.29, 0.717) is 0 Å². The Hall–Kier alpha value is -2.27. The van der Waals surface area contributed by atoms with Gasteiger partial charge in [0.05, 0.1) is 12.1 Å². The summed E-state index contributed by atoms with van der Waals surface area (Å²) in [5.74, 6) is 0.803. The first-order valence-corrected chi connectivity index (χ1v) is 8.89. The summed E-state index contributed by atoms with van der Waals surface area (Å²) in [6, 6.07) is 12.4. The summed E-state index contributed by atoms with van der Waals surface area (Å²) in [5.41, 5.74) is 7.42. The van der Waals surface area contributed by atoms with Crippen LogP contribution in [0.25, 0.3) is 10.4 Å². The third-order valence-corrected chi connectivity index (χ3v) is 5.70. The molecule has 1 fully saturated rings. The van der Waals surface area contributed by atoms with Crippen molar-refractivity contribution in [1.29, 1.82) is 0 Å². The summed E-state index contributed by atoms with van der Waals surface area (Å²) in [5, 5.41) is 1.24. The maximum atomic E-state index is 11.5. The van der Waals surface area contributed by atoms with Gasteiger partial charge in [0.2, 0.25) is 5.91 Å². The van der Waals surface area contributed by atoms with Crippen LogP contribution in [0.1, 0.15) is 13.3 Å². The molecule has 1 aromatic heterocycles. The fourth-order valence-electron chi connectivity index (χ4n) is 3.20. The maximum Gasteiger partial charge on any atom is 0.244 e. The zero-order valence-corrected chi connectivity index (χ0v) is 14.8. The predicted molar refractivity (Wildman–Crippen MR) is 99.6 cm³/mol. The summed E-state index contributed by atoms with van der Waals surface area (Å²) >= 11 is 1.78. The van der Waals surface area contributed by atoms with Gasteiger partial charge in [-0.1, -0.05) is 6.08 Å². The molecule has 24 heavy (non-hydrogen) atoms. The van der Waals surface area contributed by atoms with Crippen LogP contribution in [-0.2, 0) is 4.79 Å². The number of anilines is 1. The van der Waals surface area contributed by atoms with Crippen LogP contribution in [0, 0.1) is 5.92 Å². The van der Waals surface area contributed by atoms with Crippen molar-refractivity contribution in [2.24, 2.45) is 11.7 Å². The highest BCUT2D eigenvalue weighted by molar-refractivity contribution is 7.19. The summed E-state index contributed by atoms with van der Waals surface area (Å²) in [6.07, 6.45) is 2.83. The average molecular weight is 342 g/mol. The van der Waals surface area contributed by atoms with E-state index in [9.17, 15) is 4.79 Å². The Bertz CT molecular complexity index is 749. The number of ether oxygens (including phenoxy) is 1. The number of nitrogens with two attached hydrogens (primary N) is 1. The van der Waals surface area contributed by atoms with Crippen molar-refractivity contribution in [3.8, 4) is 16.2 Å². The van der Waals surface area contributed by atoms with Gasteiger partial charge in [-0.3, -0.25) is 4.79 Å². The van der Waals surface area contributed by atoms with Gasteiger partial charge in [0.25, 0.3) is 0 Å². The van der Waals surface area contributed by atoms with Crippen molar-refractivity contribution in [3.05, 3.63) is 48.0 Å². The molecule has 1 aromatic carbocycles. The summed E-state index contributed by atoms with van der Waals surface area (Å²) in [6.45, 7) is 3.69. The molecule has 5 heteroatoms. The molecule has 3 rings (SSSR count). The molecule has 1 aliphatic rings. The number of primary amides is 1. The highest BCUT2D eigenvalue weighted by Gasteiger charge is 2.28. The Labute approximate surface area is 146 Å². The van der Waals surface area contributed by atoms with Crippen molar-refractivity contribution >= 4 is 22.2 Å². The Morgan fingerprint density at radius 2 is 2.04 bits per heavy atom. The molecule has 4 nitrogen and oxygen atoms in total. The van der Waals surface area contributed by atoms with E-state index in [1.54, 1.807) is 18.4 Å². The largest absolute Gasteiger partial charge is 0.497 e. The van der Waals surface area contributed by atoms with Gasteiger partial charge in [-0.2, -0.15) is 0 Å². The summed E-state index contributed by atoms with van der Waals surface area (Å²) in [7, 11) is 1.67. The number of thiophene rings is 1. The fourth-order valence-corrected chi connectivity index (χ4v) is 4.25. The standard InChI is InChI=1S/C19H22N2O2S/c1-3-16(19(20)22)14-10-11-21(12-14)18-9-8-17(24-18)13-4-6-15(23-2)7-5-13/h3-9,14H,10-12H2,1-2H3,(H2,20,22)/b16-3-. The summed E-state index contributed by atoms with van der Waals surface area (Å²) < 4.78 is 5.21. The molecule has 2 N–H and O–H groups in total. The molecular weight excluding hydrogens is 320 g/mol. The van der Waals surface area contributed by atoms with Gasteiger partial charge >= 0.3 is 0 Å². The zero-order chi connectivity index (χ0) is 17.1. The Balaban J connectivity index is 1.73. The normalized spacial score (nSPS) is 18.0. The SMILES string of the molecule is C/C=C(\C(N)=O)C1CCN(c2ccc(-c3ccc(OC)cc3)s2)C1. The van der Waals surface area contributed by atoms with Crippen LogP contribution in [0.5, 0.6) is 5.75 Å². The van der Waals surface area contributed by atoms with Crippen molar-refractivity contribution in [2.45, 2.75) is 13.3 Å². The number of allylic oxidation sites excluding steroid dienone is 1. The highest BCUT2D eigenvalue weighted by atomic mass is 32.1. The summed E-state index contributed by atoms with van der Waals surface area (Å²) in [4.78, 5) is 15.1. The number of carbonyl (C=O) groups excluding carboxylic acids is 1. The second-order valence-electron chi connectivity index (χ2n) is 5.91. The molecule has 0 aliphatic carbocycles. The first-order chi connectivity index (χ1) is 11.6. The van der Waals surface area contributed by atoms with Crippen LogP contribution in [0.15, 0.2) is 48.0 Å². The van der Waals surface area contributed by atoms with E-state index in [4.69, 9.17) is 10.5 Å². The van der Waals surface area contributed by atoms with Gasteiger partial charge in [-0.15, -0.1) is 11.3 Å². The second kappa shape index (κ2) is 7.09. The molecule has 126 valence electrons. The second-order valence-corrected chi connectivity index (χ2v) is 6.97. The van der Waals surface area contributed by atoms with E-state index in [0.717, 1.165) is 30.8 Å². The lowest BCUT2D eigenvalue weighted by molar-refractivity contribution is -0.115. The first-order valence-electron chi connectivity index (χ1n) is 8.07. The number of rotatable bonds is 5. The number of methoxy groups -OCH3 is 1. The van der Waals surface area contributed by atoms with Gasteiger partial charge < -0.3 is 15.4 Å². The lowest BCUT2D eigenvalue weighted by Crippen LogP contribution is -2.24. The van der Waals surface area contributed by atoms with E-state index >= 15 is 0 Å². The molecule has 1 saturated heterocycles. The van der Waals surface area contributed by atoms with Gasteiger partial charge in [0.15, 0.2) is 0 Å². The van der Waals surface area contributed by atoms with Crippen LogP contribution in [0.2, 0.25) is 0 Å². The van der Waals surface area contributed by atoms with Crippen LogP contribution in [0.3, 0.4) is 0 Å². The van der Waals surface area contributed by atoms with Crippen molar-refractivity contribution in [3.63, 3.8) is 0 Å². The van der Waals surface area contributed by atoms with E-state index in [-0.39, 0.29) is 11.8 Å². The number of nitrogens with zero attached hydrogens (tertiary/aromatic N) is 1. The molecule has 0 saturated carbocycles. The fraction of sp³-hybridized carbons (Fsp3) is 0.316. The van der Waals surface area contributed by atoms with E-state index < -0.39 is 0 Å². The quantitative estimate of drug-likeness (QED) is 0.843. The molecule has 1 amide bonds. The number of hydrogen-bond donors (Lipinski definition) is 1. The topological polar surface area (TPSA) is 55.6 Å². The van der Waals surface area contributed by atoms with Crippen LogP contribution >= 0.6 is 11.3 Å². The van der Waals surface area contributed by atoms with Gasteiger partial charge in [-0.05, 0) is 55.3 Å². The van der Waals surface area contributed by atoms with Crippen LogP contribution in [-0.4, -0.2) is 26.1 Å². The predicted octanol–water partition coefficient (Wildman–Crippen LogP) is 3.68. The molecule has 2 aromatic rings. The number of benzene rings is 1. The Morgan fingerprint density at radius 1 is 1.29 bits per heavy atom. The highest BCUT2D eigenvalue weighted by Crippen LogP contribution is 2.37. The minimum absolute atomic E-state index is 0.235. The number of amides is 1.